The van der Waals surface area contributed by atoms with Crippen LogP contribution in [0.2, 0.25) is 0 Å². The van der Waals surface area contributed by atoms with Gasteiger partial charge in [0.05, 0.1) is 12.5 Å². The second-order valence-electron chi connectivity index (χ2n) is 4.77. The molecule has 0 spiro atoms. The van der Waals surface area contributed by atoms with Crippen molar-refractivity contribution in [3.63, 3.8) is 0 Å². The van der Waals surface area contributed by atoms with Crippen LogP contribution < -0.4 is 10.6 Å². The molecule has 1 saturated heterocycles. The number of nitrogens with zero attached hydrogens (tertiary/aromatic N) is 1. The molecule has 6 heteroatoms. The summed E-state index contributed by atoms with van der Waals surface area (Å²) in [6.45, 7) is 6.99. The van der Waals surface area contributed by atoms with Gasteiger partial charge in [-0.25, -0.2) is 4.79 Å². The molecule has 0 saturated carbocycles. The van der Waals surface area contributed by atoms with Gasteiger partial charge >= 0.3 is 12.0 Å². The van der Waals surface area contributed by atoms with Crippen molar-refractivity contribution in [2.24, 2.45) is 5.41 Å². The number of hydrogen-bond acceptors (Lipinski definition) is 4. The molecular weight excluding hydrogens is 222 g/mol. The topological polar surface area (TPSA) is 70.7 Å². The molecule has 2 N–H and O–H groups in total. The molecule has 6 nitrogen and oxygen atoms in total. The van der Waals surface area contributed by atoms with E-state index in [2.05, 4.69) is 10.6 Å². The predicted octanol–water partition coefficient (Wildman–Crippen LogP) is -0.200. The highest BCUT2D eigenvalue weighted by molar-refractivity contribution is 5.76. The van der Waals surface area contributed by atoms with Crippen LogP contribution in [-0.2, 0) is 9.53 Å². The Balaban J connectivity index is 2.19. The minimum atomic E-state index is -0.540. The van der Waals surface area contributed by atoms with Crippen LogP contribution in [0, 0.1) is 5.41 Å². The molecule has 17 heavy (non-hydrogen) atoms. The predicted molar refractivity (Wildman–Crippen MR) is 63.6 cm³/mol. The molecule has 1 aliphatic rings. The highest BCUT2D eigenvalue weighted by atomic mass is 16.5. The summed E-state index contributed by atoms with van der Waals surface area (Å²) in [5.74, 6) is -0.232. The van der Waals surface area contributed by atoms with E-state index in [1.165, 1.54) is 7.11 Å². The molecule has 0 radical (unpaired) electrons. The molecule has 1 aliphatic heterocycles. The third kappa shape index (κ3) is 3.89. The maximum Gasteiger partial charge on any atom is 0.317 e. The Hall–Kier alpha value is -1.30. The molecular formula is C11H21N3O3. The van der Waals surface area contributed by atoms with Gasteiger partial charge in [-0.3, -0.25) is 4.79 Å². The first-order valence-corrected chi connectivity index (χ1v) is 5.79. The number of methoxy groups -OCH3 is 1. The van der Waals surface area contributed by atoms with Crippen LogP contribution in [0.4, 0.5) is 4.79 Å². The van der Waals surface area contributed by atoms with E-state index in [1.807, 2.05) is 13.8 Å². The fourth-order valence-corrected chi connectivity index (χ4v) is 1.69. The van der Waals surface area contributed by atoms with Crippen molar-refractivity contribution in [3.8, 4) is 0 Å². The van der Waals surface area contributed by atoms with Crippen molar-refractivity contribution < 1.29 is 14.3 Å². The fraction of sp³-hybridized carbons (Fsp3) is 0.818. The normalized spacial score (nSPS) is 15.9. The third-order valence-electron chi connectivity index (χ3n) is 2.81. The van der Waals surface area contributed by atoms with E-state index in [1.54, 1.807) is 4.90 Å². The van der Waals surface area contributed by atoms with Crippen molar-refractivity contribution in [2.75, 3.05) is 39.8 Å². The standard InChI is InChI=1S/C11H21N3O3/c1-11(2,9(15)17-3)8-12-4-6-14-7-5-13-10(14)16/h12H,4-8H2,1-3H3,(H,13,16). The lowest BCUT2D eigenvalue weighted by molar-refractivity contribution is -0.150. The molecule has 0 aromatic rings. The zero-order chi connectivity index (χ0) is 12.9. The minimum Gasteiger partial charge on any atom is -0.469 e. The van der Waals surface area contributed by atoms with Crippen molar-refractivity contribution >= 4 is 12.0 Å². The van der Waals surface area contributed by atoms with Gasteiger partial charge in [0.1, 0.15) is 0 Å². The highest BCUT2D eigenvalue weighted by Gasteiger charge is 2.28. The number of esters is 1. The molecule has 0 aliphatic carbocycles. The van der Waals surface area contributed by atoms with E-state index in [4.69, 9.17) is 4.74 Å². The van der Waals surface area contributed by atoms with Crippen LogP contribution in [0.1, 0.15) is 13.8 Å². The largest absolute Gasteiger partial charge is 0.469 e. The Morgan fingerprint density at radius 2 is 2.29 bits per heavy atom. The van der Waals surface area contributed by atoms with Gasteiger partial charge in [-0.15, -0.1) is 0 Å². The Labute approximate surface area is 102 Å². The van der Waals surface area contributed by atoms with Gasteiger partial charge in [0, 0.05) is 32.7 Å². The van der Waals surface area contributed by atoms with E-state index < -0.39 is 5.41 Å². The summed E-state index contributed by atoms with van der Waals surface area (Å²) in [6.07, 6.45) is 0. The molecule has 0 aromatic heterocycles. The van der Waals surface area contributed by atoms with Gasteiger partial charge in [0.25, 0.3) is 0 Å². The van der Waals surface area contributed by atoms with Crippen LogP contribution in [0.15, 0.2) is 0 Å². The average Bonchev–Trinajstić information content (AvgIpc) is 2.69. The Morgan fingerprint density at radius 3 is 2.82 bits per heavy atom. The molecule has 2 amide bonds. The summed E-state index contributed by atoms with van der Waals surface area (Å²) in [6, 6.07) is -0.0148. The Kier molecular flexibility index (Phi) is 4.74. The minimum absolute atomic E-state index is 0.0148. The molecule has 0 aromatic carbocycles. The van der Waals surface area contributed by atoms with Crippen LogP contribution in [0.3, 0.4) is 0 Å². The molecule has 1 fully saturated rings. The SMILES string of the molecule is COC(=O)C(C)(C)CNCCN1CCNC1=O. The molecule has 0 bridgehead atoms. The lowest BCUT2D eigenvalue weighted by atomic mass is 9.94. The third-order valence-corrected chi connectivity index (χ3v) is 2.81. The van der Waals surface area contributed by atoms with Gasteiger partial charge in [0.2, 0.25) is 0 Å². The second-order valence-corrected chi connectivity index (χ2v) is 4.77. The van der Waals surface area contributed by atoms with Gasteiger partial charge in [0.15, 0.2) is 0 Å². The first-order valence-electron chi connectivity index (χ1n) is 5.79. The number of rotatable bonds is 6. The Bertz CT molecular complexity index is 292. The average molecular weight is 243 g/mol. The summed E-state index contributed by atoms with van der Waals surface area (Å²) < 4.78 is 4.71. The summed E-state index contributed by atoms with van der Waals surface area (Å²) >= 11 is 0. The van der Waals surface area contributed by atoms with E-state index in [9.17, 15) is 9.59 Å². The summed E-state index contributed by atoms with van der Waals surface area (Å²) in [7, 11) is 1.39. The number of amides is 2. The van der Waals surface area contributed by atoms with E-state index in [-0.39, 0.29) is 12.0 Å². The van der Waals surface area contributed by atoms with E-state index >= 15 is 0 Å². The van der Waals surface area contributed by atoms with Crippen LogP contribution >= 0.6 is 0 Å². The lowest BCUT2D eigenvalue weighted by Crippen LogP contribution is -2.41. The molecule has 1 heterocycles. The van der Waals surface area contributed by atoms with Gasteiger partial charge in [-0.2, -0.15) is 0 Å². The number of urea groups is 1. The van der Waals surface area contributed by atoms with Crippen LogP contribution in [0.25, 0.3) is 0 Å². The molecule has 1 rings (SSSR count). The maximum atomic E-state index is 11.4. The Morgan fingerprint density at radius 1 is 1.59 bits per heavy atom. The quantitative estimate of drug-likeness (QED) is 0.501. The number of hydrogen-bond donors (Lipinski definition) is 2. The summed E-state index contributed by atoms with van der Waals surface area (Å²) in [4.78, 5) is 24.4. The first-order chi connectivity index (χ1) is 7.97. The van der Waals surface area contributed by atoms with Crippen molar-refractivity contribution in [1.29, 1.82) is 0 Å². The van der Waals surface area contributed by atoms with E-state index in [0.717, 1.165) is 6.54 Å². The highest BCUT2D eigenvalue weighted by Crippen LogP contribution is 2.14. The number of carbonyl (C=O) groups excluding carboxylic acids is 2. The zero-order valence-corrected chi connectivity index (χ0v) is 10.7. The van der Waals surface area contributed by atoms with Crippen LogP contribution in [0.5, 0.6) is 0 Å². The van der Waals surface area contributed by atoms with E-state index in [0.29, 0.717) is 26.2 Å². The van der Waals surface area contributed by atoms with Crippen molar-refractivity contribution in [3.05, 3.63) is 0 Å². The lowest BCUT2D eigenvalue weighted by Gasteiger charge is -2.22. The smallest absolute Gasteiger partial charge is 0.317 e. The first kappa shape index (κ1) is 13.8. The zero-order valence-electron chi connectivity index (χ0n) is 10.7. The van der Waals surface area contributed by atoms with Gasteiger partial charge in [-0.1, -0.05) is 0 Å². The molecule has 98 valence electrons. The number of ether oxygens (including phenoxy) is 1. The van der Waals surface area contributed by atoms with Crippen LogP contribution in [-0.4, -0.2) is 56.7 Å². The van der Waals surface area contributed by atoms with Crippen molar-refractivity contribution in [2.45, 2.75) is 13.8 Å². The maximum absolute atomic E-state index is 11.4. The van der Waals surface area contributed by atoms with Crippen molar-refractivity contribution in [1.82, 2.24) is 15.5 Å². The van der Waals surface area contributed by atoms with Gasteiger partial charge < -0.3 is 20.3 Å². The summed E-state index contributed by atoms with van der Waals surface area (Å²) in [5.41, 5.74) is -0.540. The summed E-state index contributed by atoms with van der Waals surface area (Å²) in [5, 5.41) is 5.91. The number of carbonyl (C=O) groups is 2. The molecule has 0 atom stereocenters. The number of nitrogens with one attached hydrogen (secondary N) is 2. The second kappa shape index (κ2) is 5.86. The van der Waals surface area contributed by atoms with Gasteiger partial charge in [-0.05, 0) is 13.8 Å². The molecule has 0 unspecified atom stereocenters. The fourth-order valence-electron chi connectivity index (χ4n) is 1.69. The monoisotopic (exact) mass is 243 g/mol.